The number of benzene rings is 2. The van der Waals surface area contributed by atoms with Gasteiger partial charge in [0.25, 0.3) is 5.91 Å². The predicted octanol–water partition coefficient (Wildman–Crippen LogP) is 3.62. The van der Waals surface area contributed by atoms with Crippen LogP contribution in [-0.2, 0) is 16.6 Å². The maximum Gasteiger partial charge on any atom is 0.257 e. The van der Waals surface area contributed by atoms with Crippen LogP contribution < -0.4 is 5.32 Å². The number of nitrogens with one attached hydrogen (secondary N) is 1. The van der Waals surface area contributed by atoms with Crippen LogP contribution in [0.1, 0.15) is 28.8 Å². The molecule has 0 saturated carbocycles. The molecule has 30 heavy (non-hydrogen) atoms. The average molecular weight is 445 g/mol. The highest BCUT2D eigenvalue weighted by atomic mass is 35.5. The first-order chi connectivity index (χ1) is 14.4. The fourth-order valence-corrected chi connectivity index (χ4v) is 5.15. The van der Waals surface area contributed by atoms with E-state index in [4.69, 9.17) is 11.6 Å². The minimum atomic E-state index is -3.64. The number of hydrogen-bond acceptors (Lipinski definition) is 4. The van der Waals surface area contributed by atoms with Crippen LogP contribution in [0.2, 0.25) is 5.02 Å². The summed E-state index contributed by atoms with van der Waals surface area (Å²) in [6.07, 6.45) is 4.93. The summed E-state index contributed by atoms with van der Waals surface area (Å²) in [7, 11) is -3.64. The molecule has 156 valence electrons. The molecule has 1 fully saturated rings. The van der Waals surface area contributed by atoms with Gasteiger partial charge in [-0.05, 0) is 36.6 Å². The molecule has 0 spiro atoms. The van der Waals surface area contributed by atoms with Crippen molar-refractivity contribution in [2.24, 2.45) is 0 Å². The Morgan fingerprint density at radius 2 is 1.83 bits per heavy atom. The van der Waals surface area contributed by atoms with Gasteiger partial charge in [0, 0.05) is 19.3 Å². The van der Waals surface area contributed by atoms with E-state index in [9.17, 15) is 13.2 Å². The number of hydrogen-bond donors (Lipinski definition) is 1. The average Bonchev–Trinajstić information content (AvgIpc) is 3.42. The van der Waals surface area contributed by atoms with Crippen LogP contribution in [0, 0.1) is 0 Å². The van der Waals surface area contributed by atoms with Crippen molar-refractivity contribution in [1.82, 2.24) is 14.1 Å². The summed E-state index contributed by atoms with van der Waals surface area (Å²) in [4.78, 5) is 12.8. The minimum Gasteiger partial charge on any atom is -0.319 e. The van der Waals surface area contributed by atoms with E-state index in [1.165, 1.54) is 22.5 Å². The first kappa shape index (κ1) is 20.6. The van der Waals surface area contributed by atoms with Gasteiger partial charge in [-0.3, -0.25) is 9.48 Å². The summed E-state index contributed by atoms with van der Waals surface area (Å²) in [6, 6.07) is 14.0. The Kier molecular flexibility index (Phi) is 5.90. The minimum absolute atomic E-state index is 0.0683. The van der Waals surface area contributed by atoms with Crippen LogP contribution in [0.15, 0.2) is 65.8 Å². The summed E-state index contributed by atoms with van der Waals surface area (Å²) in [5.74, 6) is -0.488. The zero-order chi connectivity index (χ0) is 21.1. The smallest absolute Gasteiger partial charge is 0.257 e. The van der Waals surface area contributed by atoms with Gasteiger partial charge in [-0.1, -0.05) is 41.9 Å². The Labute approximate surface area is 180 Å². The molecule has 0 bridgehead atoms. The van der Waals surface area contributed by atoms with Crippen molar-refractivity contribution in [3.05, 3.63) is 77.1 Å². The Morgan fingerprint density at radius 1 is 1.10 bits per heavy atom. The van der Waals surface area contributed by atoms with Crippen LogP contribution >= 0.6 is 11.6 Å². The molecule has 3 aromatic rings. The third kappa shape index (κ3) is 4.40. The molecule has 1 aliphatic rings. The van der Waals surface area contributed by atoms with Gasteiger partial charge < -0.3 is 5.32 Å². The summed E-state index contributed by atoms with van der Waals surface area (Å²) < 4.78 is 28.7. The van der Waals surface area contributed by atoms with Gasteiger partial charge in [-0.25, -0.2) is 8.42 Å². The second kappa shape index (κ2) is 8.59. The number of rotatable bonds is 6. The molecular formula is C21H21ClN4O3S. The fraction of sp³-hybridized carbons (Fsp3) is 0.238. The zero-order valence-electron chi connectivity index (χ0n) is 16.2. The van der Waals surface area contributed by atoms with E-state index in [-0.39, 0.29) is 15.5 Å². The third-order valence-electron chi connectivity index (χ3n) is 4.96. The monoisotopic (exact) mass is 444 g/mol. The number of nitrogens with zero attached hydrogens (tertiary/aromatic N) is 3. The van der Waals surface area contributed by atoms with E-state index in [1.807, 2.05) is 30.3 Å². The number of anilines is 1. The van der Waals surface area contributed by atoms with Crippen molar-refractivity contribution < 1.29 is 13.2 Å². The molecule has 0 radical (unpaired) electrons. The van der Waals surface area contributed by atoms with E-state index < -0.39 is 15.9 Å². The van der Waals surface area contributed by atoms with Crippen LogP contribution in [0.3, 0.4) is 0 Å². The lowest BCUT2D eigenvalue weighted by Gasteiger charge is -2.16. The van der Waals surface area contributed by atoms with Crippen LogP contribution in [0.25, 0.3) is 0 Å². The first-order valence-corrected chi connectivity index (χ1v) is 11.4. The van der Waals surface area contributed by atoms with Crippen LogP contribution in [0.4, 0.5) is 5.69 Å². The van der Waals surface area contributed by atoms with Gasteiger partial charge in [-0.15, -0.1) is 0 Å². The molecule has 1 amide bonds. The van der Waals surface area contributed by atoms with E-state index in [0.717, 1.165) is 18.4 Å². The molecule has 0 atom stereocenters. The fourth-order valence-electron chi connectivity index (χ4n) is 3.40. The maximum absolute atomic E-state index is 12.8. The van der Waals surface area contributed by atoms with Crippen molar-refractivity contribution in [2.45, 2.75) is 24.3 Å². The molecular weight excluding hydrogens is 424 g/mol. The number of halogens is 1. The molecule has 7 nitrogen and oxygen atoms in total. The van der Waals surface area contributed by atoms with Gasteiger partial charge in [0.2, 0.25) is 10.0 Å². The summed E-state index contributed by atoms with van der Waals surface area (Å²) >= 11 is 6.19. The molecule has 2 aromatic carbocycles. The highest BCUT2D eigenvalue weighted by Crippen LogP contribution is 2.26. The highest BCUT2D eigenvalue weighted by molar-refractivity contribution is 7.89. The van der Waals surface area contributed by atoms with Crippen molar-refractivity contribution in [2.75, 3.05) is 18.4 Å². The summed E-state index contributed by atoms with van der Waals surface area (Å²) in [5.41, 5.74) is 1.69. The number of sulfonamides is 1. The molecule has 0 unspecified atom stereocenters. The zero-order valence-corrected chi connectivity index (χ0v) is 17.7. The van der Waals surface area contributed by atoms with Gasteiger partial charge in [0.15, 0.2) is 0 Å². The molecule has 1 aromatic heterocycles. The SMILES string of the molecule is O=C(Nc1cnn(Cc2ccccc2)c1)c1cc(S(=O)(=O)N2CCCC2)ccc1Cl. The lowest BCUT2D eigenvalue weighted by atomic mass is 10.2. The third-order valence-corrected chi connectivity index (χ3v) is 7.19. The maximum atomic E-state index is 12.8. The standard InChI is InChI=1S/C21H21ClN4O3S/c22-20-9-8-18(30(28,29)26-10-4-5-11-26)12-19(20)21(27)24-17-13-23-25(15-17)14-16-6-2-1-3-7-16/h1-3,6-9,12-13,15H,4-5,10-11,14H2,(H,24,27). The summed E-state index contributed by atoms with van der Waals surface area (Å²) in [5, 5.41) is 7.18. The van der Waals surface area contributed by atoms with E-state index in [1.54, 1.807) is 17.1 Å². The Hall–Kier alpha value is -2.68. The number of amides is 1. The summed E-state index contributed by atoms with van der Waals surface area (Å²) in [6.45, 7) is 1.56. The molecule has 1 aliphatic heterocycles. The lowest BCUT2D eigenvalue weighted by Crippen LogP contribution is -2.28. The van der Waals surface area contributed by atoms with Crippen molar-refractivity contribution >= 4 is 33.2 Å². The number of aromatic nitrogens is 2. The Balaban J connectivity index is 1.51. The normalized spacial score (nSPS) is 14.7. The van der Waals surface area contributed by atoms with E-state index in [0.29, 0.717) is 25.3 Å². The Bertz CT molecular complexity index is 1160. The predicted molar refractivity (Wildman–Crippen MR) is 115 cm³/mol. The van der Waals surface area contributed by atoms with Crippen LogP contribution in [-0.4, -0.2) is 41.5 Å². The molecule has 9 heteroatoms. The van der Waals surface area contributed by atoms with Crippen molar-refractivity contribution in [1.29, 1.82) is 0 Å². The molecule has 2 heterocycles. The van der Waals surface area contributed by atoms with Crippen LogP contribution in [0.5, 0.6) is 0 Å². The number of carbonyl (C=O) groups is 1. The first-order valence-electron chi connectivity index (χ1n) is 9.61. The highest BCUT2D eigenvalue weighted by Gasteiger charge is 2.28. The van der Waals surface area contributed by atoms with E-state index in [2.05, 4.69) is 10.4 Å². The molecule has 1 saturated heterocycles. The van der Waals surface area contributed by atoms with E-state index >= 15 is 0 Å². The molecule has 4 rings (SSSR count). The van der Waals surface area contributed by atoms with Crippen molar-refractivity contribution in [3.8, 4) is 0 Å². The lowest BCUT2D eigenvalue weighted by molar-refractivity contribution is 0.102. The topological polar surface area (TPSA) is 84.3 Å². The van der Waals surface area contributed by atoms with Gasteiger partial charge in [0.05, 0.1) is 33.9 Å². The number of carbonyl (C=O) groups excluding carboxylic acids is 1. The Morgan fingerprint density at radius 3 is 2.57 bits per heavy atom. The van der Waals surface area contributed by atoms with Crippen molar-refractivity contribution in [3.63, 3.8) is 0 Å². The van der Waals surface area contributed by atoms with Gasteiger partial charge in [-0.2, -0.15) is 9.40 Å². The second-order valence-corrected chi connectivity index (χ2v) is 9.46. The largest absolute Gasteiger partial charge is 0.319 e. The quantitative estimate of drug-likeness (QED) is 0.629. The second-order valence-electron chi connectivity index (χ2n) is 7.12. The van der Waals surface area contributed by atoms with Gasteiger partial charge in [0.1, 0.15) is 0 Å². The molecule has 1 N–H and O–H groups in total. The van der Waals surface area contributed by atoms with Gasteiger partial charge >= 0.3 is 0 Å². The molecule has 0 aliphatic carbocycles.